The third-order valence-electron chi connectivity index (χ3n) is 5.46. The highest BCUT2D eigenvalue weighted by Gasteiger charge is 2.43. The van der Waals surface area contributed by atoms with Gasteiger partial charge in [-0.2, -0.15) is 5.10 Å². The molecule has 0 saturated heterocycles. The summed E-state index contributed by atoms with van der Waals surface area (Å²) in [4.78, 5) is 15.0. The van der Waals surface area contributed by atoms with Gasteiger partial charge in [0, 0.05) is 36.4 Å². The first-order valence-electron chi connectivity index (χ1n) is 9.76. The van der Waals surface area contributed by atoms with Crippen molar-refractivity contribution < 1.29 is 19.0 Å². The van der Waals surface area contributed by atoms with Gasteiger partial charge in [0.25, 0.3) is 5.91 Å². The Bertz CT molecular complexity index is 1060. The summed E-state index contributed by atoms with van der Waals surface area (Å²) in [7, 11) is 4.86. The predicted octanol–water partition coefficient (Wildman–Crippen LogP) is 3.59. The smallest absolute Gasteiger partial charge is 0.273 e. The summed E-state index contributed by atoms with van der Waals surface area (Å²) >= 11 is 0. The first kappa shape index (κ1) is 20.0. The number of aromatic amines is 1. The van der Waals surface area contributed by atoms with Crippen LogP contribution >= 0.6 is 0 Å². The topological polar surface area (TPSA) is 76.7 Å². The van der Waals surface area contributed by atoms with Crippen molar-refractivity contribution in [3.05, 3.63) is 64.8 Å². The molecule has 2 aromatic carbocycles. The molecule has 0 aliphatic carbocycles. The van der Waals surface area contributed by atoms with Crippen LogP contribution in [0.5, 0.6) is 11.5 Å². The second-order valence-corrected chi connectivity index (χ2v) is 7.23. The Kier molecular flexibility index (Phi) is 5.46. The molecule has 0 spiro atoms. The van der Waals surface area contributed by atoms with Gasteiger partial charge >= 0.3 is 0 Å². The number of nitrogens with one attached hydrogen (secondary N) is 1. The molecule has 1 N–H and O–H groups in total. The van der Waals surface area contributed by atoms with Gasteiger partial charge in [-0.1, -0.05) is 29.8 Å². The molecule has 7 heteroatoms. The van der Waals surface area contributed by atoms with E-state index in [-0.39, 0.29) is 11.9 Å². The van der Waals surface area contributed by atoms with Crippen molar-refractivity contribution in [2.24, 2.45) is 0 Å². The maximum atomic E-state index is 13.2. The fourth-order valence-corrected chi connectivity index (χ4v) is 3.92. The molecule has 2 heterocycles. The number of amides is 1. The lowest BCUT2D eigenvalue weighted by Gasteiger charge is -2.27. The average Bonchev–Trinajstić information content (AvgIpc) is 3.31. The SMILES string of the molecule is COCCN1C(=O)c2[nH]nc(-c3ccc(C)cc3)c2C1c1ccc(OC)cc1OC. The van der Waals surface area contributed by atoms with Gasteiger partial charge in [-0.25, -0.2) is 0 Å². The van der Waals surface area contributed by atoms with Gasteiger partial charge in [-0.3, -0.25) is 9.89 Å². The van der Waals surface area contributed by atoms with Gasteiger partial charge in [0.05, 0.1) is 32.6 Å². The van der Waals surface area contributed by atoms with E-state index in [1.54, 1.807) is 26.2 Å². The molecular formula is C23H25N3O4. The van der Waals surface area contributed by atoms with Crippen molar-refractivity contribution in [2.45, 2.75) is 13.0 Å². The zero-order chi connectivity index (χ0) is 21.3. The largest absolute Gasteiger partial charge is 0.497 e. The zero-order valence-corrected chi connectivity index (χ0v) is 17.6. The number of aryl methyl sites for hydroxylation is 1. The maximum Gasteiger partial charge on any atom is 0.273 e. The highest BCUT2D eigenvalue weighted by atomic mass is 16.5. The van der Waals surface area contributed by atoms with Gasteiger partial charge in [0.2, 0.25) is 0 Å². The van der Waals surface area contributed by atoms with Crippen LogP contribution in [0.4, 0.5) is 0 Å². The summed E-state index contributed by atoms with van der Waals surface area (Å²) in [5.74, 6) is 1.24. The van der Waals surface area contributed by atoms with Crippen LogP contribution in [0.2, 0.25) is 0 Å². The van der Waals surface area contributed by atoms with E-state index in [0.717, 1.165) is 27.9 Å². The molecule has 30 heavy (non-hydrogen) atoms. The number of aromatic nitrogens is 2. The number of nitrogens with zero attached hydrogens (tertiary/aromatic N) is 2. The molecule has 0 radical (unpaired) electrons. The average molecular weight is 407 g/mol. The number of H-pyrrole nitrogens is 1. The van der Waals surface area contributed by atoms with Crippen molar-refractivity contribution >= 4 is 5.91 Å². The number of methoxy groups -OCH3 is 3. The fourth-order valence-electron chi connectivity index (χ4n) is 3.92. The van der Waals surface area contributed by atoms with E-state index in [0.29, 0.717) is 30.3 Å². The van der Waals surface area contributed by atoms with E-state index in [2.05, 4.69) is 10.2 Å². The van der Waals surface area contributed by atoms with Crippen LogP contribution < -0.4 is 9.47 Å². The molecule has 1 atom stereocenters. The lowest BCUT2D eigenvalue weighted by Crippen LogP contribution is -2.32. The number of carbonyl (C=O) groups excluding carboxylic acids is 1. The summed E-state index contributed by atoms with van der Waals surface area (Å²) in [5, 5.41) is 7.47. The lowest BCUT2D eigenvalue weighted by molar-refractivity contribution is 0.0676. The molecule has 0 bridgehead atoms. The van der Waals surface area contributed by atoms with Crippen molar-refractivity contribution in [3.8, 4) is 22.8 Å². The number of carbonyl (C=O) groups is 1. The van der Waals surface area contributed by atoms with Gasteiger partial charge in [0.1, 0.15) is 17.2 Å². The Balaban J connectivity index is 1.89. The van der Waals surface area contributed by atoms with E-state index in [1.807, 2.05) is 49.4 Å². The molecule has 1 amide bonds. The molecule has 7 nitrogen and oxygen atoms in total. The van der Waals surface area contributed by atoms with E-state index in [4.69, 9.17) is 14.2 Å². The lowest BCUT2D eigenvalue weighted by atomic mass is 9.95. The van der Waals surface area contributed by atoms with Gasteiger partial charge in [-0.15, -0.1) is 0 Å². The van der Waals surface area contributed by atoms with Gasteiger partial charge in [0.15, 0.2) is 0 Å². The monoisotopic (exact) mass is 407 g/mol. The molecule has 3 aromatic rings. The maximum absolute atomic E-state index is 13.2. The third-order valence-corrected chi connectivity index (χ3v) is 5.46. The highest BCUT2D eigenvalue weighted by molar-refractivity contribution is 6.00. The van der Waals surface area contributed by atoms with Crippen LogP contribution in [0.3, 0.4) is 0 Å². The second kappa shape index (κ2) is 8.20. The predicted molar refractivity (Wildman–Crippen MR) is 113 cm³/mol. The zero-order valence-electron chi connectivity index (χ0n) is 17.6. The minimum Gasteiger partial charge on any atom is -0.497 e. The highest BCUT2D eigenvalue weighted by Crippen LogP contribution is 2.45. The minimum atomic E-state index is -0.349. The van der Waals surface area contributed by atoms with Crippen molar-refractivity contribution in [1.29, 1.82) is 0 Å². The summed E-state index contributed by atoms with van der Waals surface area (Å²) in [6.07, 6.45) is 0. The van der Waals surface area contributed by atoms with E-state index in [1.165, 1.54) is 0 Å². The molecule has 1 aromatic heterocycles. The Labute approximate surface area is 175 Å². The summed E-state index contributed by atoms with van der Waals surface area (Å²) < 4.78 is 16.3. The quantitative estimate of drug-likeness (QED) is 0.648. The Morgan fingerprint density at radius 2 is 1.83 bits per heavy atom. The molecule has 1 aliphatic heterocycles. The van der Waals surface area contributed by atoms with Gasteiger partial charge in [-0.05, 0) is 19.1 Å². The van der Waals surface area contributed by atoms with Crippen LogP contribution in [-0.4, -0.2) is 55.5 Å². The van der Waals surface area contributed by atoms with E-state index in [9.17, 15) is 4.79 Å². The van der Waals surface area contributed by atoms with E-state index >= 15 is 0 Å². The van der Waals surface area contributed by atoms with Crippen molar-refractivity contribution in [1.82, 2.24) is 15.1 Å². The normalized spacial score (nSPS) is 15.4. The molecule has 0 saturated carbocycles. The minimum absolute atomic E-state index is 0.101. The second-order valence-electron chi connectivity index (χ2n) is 7.23. The van der Waals surface area contributed by atoms with Crippen LogP contribution in [0, 0.1) is 6.92 Å². The summed E-state index contributed by atoms with van der Waals surface area (Å²) in [6, 6.07) is 13.4. The summed E-state index contributed by atoms with van der Waals surface area (Å²) in [6.45, 7) is 2.92. The van der Waals surface area contributed by atoms with Crippen LogP contribution in [0.15, 0.2) is 42.5 Å². The Hall–Kier alpha value is -3.32. The van der Waals surface area contributed by atoms with Gasteiger partial charge < -0.3 is 19.1 Å². The molecule has 4 rings (SSSR count). The van der Waals surface area contributed by atoms with Crippen LogP contribution in [0.25, 0.3) is 11.3 Å². The molecule has 1 aliphatic rings. The molecule has 0 fully saturated rings. The summed E-state index contributed by atoms with van der Waals surface area (Å²) in [5.41, 5.74) is 5.11. The molecular weight excluding hydrogens is 382 g/mol. The number of hydrogen-bond donors (Lipinski definition) is 1. The van der Waals surface area contributed by atoms with E-state index < -0.39 is 0 Å². The Morgan fingerprint density at radius 1 is 1.07 bits per heavy atom. The number of rotatable bonds is 7. The standard InChI is InChI=1S/C23H25N3O4/c1-14-5-7-15(8-6-14)20-19-21(25-24-20)23(27)26(11-12-28-2)22(19)17-10-9-16(29-3)13-18(17)30-4/h5-10,13,22H,11-12H2,1-4H3,(H,24,25). The molecule has 156 valence electrons. The van der Waals surface area contributed by atoms with Crippen molar-refractivity contribution in [2.75, 3.05) is 34.5 Å². The van der Waals surface area contributed by atoms with Crippen LogP contribution in [-0.2, 0) is 4.74 Å². The fraction of sp³-hybridized carbons (Fsp3) is 0.304. The Morgan fingerprint density at radius 3 is 2.50 bits per heavy atom. The number of ether oxygens (including phenoxy) is 3. The first-order valence-corrected chi connectivity index (χ1v) is 9.76. The number of hydrogen-bond acceptors (Lipinski definition) is 5. The first-order chi connectivity index (χ1) is 14.6. The van der Waals surface area contributed by atoms with Crippen LogP contribution in [0.1, 0.15) is 33.2 Å². The number of benzene rings is 2. The molecule has 1 unspecified atom stereocenters. The number of fused-ring (bicyclic) bond motifs is 1. The third kappa shape index (κ3) is 3.31. The van der Waals surface area contributed by atoms with Crippen molar-refractivity contribution in [3.63, 3.8) is 0 Å².